The maximum Gasteiger partial charge on any atom is 0.334 e. The number of carboxylic acid groups (broad SMARTS) is 1. The number of hydrogen-bond acceptors (Lipinski definition) is 5. The van der Waals surface area contributed by atoms with Crippen molar-refractivity contribution in [2.24, 2.45) is 0 Å². The molecule has 1 atom stereocenters. The Hall–Kier alpha value is -1.47. The molecule has 0 saturated heterocycles. The number of nitrogens with one attached hydrogen (secondary N) is 1. The minimum absolute atomic E-state index is 0.0660. The normalized spacial score (nSPS) is 12.2. The molecule has 1 unspecified atom stereocenters. The summed E-state index contributed by atoms with van der Waals surface area (Å²) < 4.78 is 4.73. The van der Waals surface area contributed by atoms with Gasteiger partial charge in [0, 0.05) is 7.11 Å². The molecule has 0 fully saturated rings. The Bertz CT molecular complexity index is 444. The Morgan fingerprint density at radius 2 is 2.22 bits per heavy atom. The van der Waals surface area contributed by atoms with E-state index in [1.54, 1.807) is 6.92 Å². The summed E-state index contributed by atoms with van der Waals surface area (Å²) in [7, 11) is 1.29. The first-order valence-electron chi connectivity index (χ1n) is 5.49. The molecule has 7 heteroatoms. The van der Waals surface area contributed by atoms with E-state index in [2.05, 4.69) is 10.3 Å². The topological polar surface area (TPSA) is 88.5 Å². The molecule has 0 bridgehead atoms. The van der Waals surface area contributed by atoms with Crippen LogP contribution in [0.3, 0.4) is 0 Å². The molecule has 18 heavy (non-hydrogen) atoms. The number of aliphatic carboxylic acids is 1. The first kappa shape index (κ1) is 14.6. The van der Waals surface area contributed by atoms with E-state index < -0.39 is 12.1 Å². The van der Waals surface area contributed by atoms with Crippen LogP contribution in [-0.2, 0) is 16.0 Å². The standard InChI is InChI=1S/C11H16N2O4S/c1-4-8-13-6(2)9(18-8)10(14)12-5-7(17-3)11(15)16/h7H,4-5H2,1-3H3,(H,12,14)(H,15,16). The van der Waals surface area contributed by atoms with Crippen LogP contribution in [0.15, 0.2) is 0 Å². The van der Waals surface area contributed by atoms with Gasteiger partial charge in [-0.3, -0.25) is 4.79 Å². The molecule has 0 aliphatic heterocycles. The van der Waals surface area contributed by atoms with E-state index in [0.29, 0.717) is 10.6 Å². The lowest BCUT2D eigenvalue weighted by Gasteiger charge is -2.10. The van der Waals surface area contributed by atoms with E-state index in [4.69, 9.17) is 9.84 Å². The first-order chi connectivity index (χ1) is 8.49. The molecular weight excluding hydrogens is 256 g/mol. The number of thiazole rings is 1. The van der Waals surface area contributed by atoms with Crippen LogP contribution in [0.5, 0.6) is 0 Å². The lowest BCUT2D eigenvalue weighted by atomic mass is 10.3. The number of ether oxygens (including phenoxy) is 1. The summed E-state index contributed by atoms with van der Waals surface area (Å²) in [5, 5.41) is 12.2. The second-order valence-electron chi connectivity index (χ2n) is 3.65. The minimum atomic E-state index is -1.10. The lowest BCUT2D eigenvalue weighted by molar-refractivity contribution is -0.147. The summed E-state index contributed by atoms with van der Waals surface area (Å²) in [6.45, 7) is 3.66. The number of hydrogen-bond donors (Lipinski definition) is 2. The highest BCUT2D eigenvalue weighted by Gasteiger charge is 2.20. The Balaban J connectivity index is 2.65. The molecular formula is C11H16N2O4S. The van der Waals surface area contributed by atoms with E-state index in [0.717, 1.165) is 11.4 Å². The highest BCUT2D eigenvalue weighted by molar-refractivity contribution is 7.13. The van der Waals surface area contributed by atoms with Gasteiger partial charge in [0.15, 0.2) is 6.10 Å². The van der Waals surface area contributed by atoms with Crippen LogP contribution in [0.2, 0.25) is 0 Å². The van der Waals surface area contributed by atoms with E-state index in [1.165, 1.54) is 18.4 Å². The molecule has 0 aliphatic carbocycles. The number of rotatable bonds is 6. The molecule has 1 rings (SSSR count). The molecule has 0 aliphatic rings. The van der Waals surface area contributed by atoms with E-state index >= 15 is 0 Å². The molecule has 1 aromatic rings. The summed E-state index contributed by atoms with van der Waals surface area (Å²) in [5.41, 5.74) is 0.665. The van der Waals surface area contributed by atoms with Crippen molar-refractivity contribution in [3.63, 3.8) is 0 Å². The average molecular weight is 272 g/mol. The van der Waals surface area contributed by atoms with Crippen LogP contribution in [0.1, 0.15) is 27.3 Å². The molecule has 100 valence electrons. The predicted molar refractivity (Wildman–Crippen MR) is 67.0 cm³/mol. The molecule has 1 aromatic heterocycles. The van der Waals surface area contributed by atoms with Crippen molar-refractivity contribution < 1.29 is 19.4 Å². The van der Waals surface area contributed by atoms with Crippen molar-refractivity contribution in [2.45, 2.75) is 26.4 Å². The van der Waals surface area contributed by atoms with Gasteiger partial charge in [-0.1, -0.05) is 6.92 Å². The number of aromatic nitrogens is 1. The summed E-state index contributed by atoms with van der Waals surface area (Å²) in [5.74, 6) is -1.42. The van der Waals surface area contributed by atoms with Crippen molar-refractivity contribution in [3.8, 4) is 0 Å². The fraction of sp³-hybridized carbons (Fsp3) is 0.545. The highest BCUT2D eigenvalue weighted by atomic mass is 32.1. The molecule has 0 spiro atoms. The zero-order valence-corrected chi connectivity index (χ0v) is 11.3. The number of carbonyl (C=O) groups is 2. The Morgan fingerprint density at radius 3 is 2.67 bits per heavy atom. The Morgan fingerprint density at radius 1 is 1.56 bits per heavy atom. The lowest BCUT2D eigenvalue weighted by Crippen LogP contribution is -2.37. The second kappa shape index (κ2) is 6.46. The Labute approximate surface area is 109 Å². The number of carbonyl (C=O) groups excluding carboxylic acids is 1. The van der Waals surface area contributed by atoms with Crippen LogP contribution in [0, 0.1) is 6.92 Å². The zero-order chi connectivity index (χ0) is 13.7. The van der Waals surface area contributed by atoms with Crippen LogP contribution in [0.25, 0.3) is 0 Å². The quantitative estimate of drug-likeness (QED) is 0.801. The van der Waals surface area contributed by atoms with E-state index in [-0.39, 0.29) is 12.5 Å². The van der Waals surface area contributed by atoms with Crippen LogP contribution in [-0.4, -0.2) is 41.7 Å². The summed E-state index contributed by atoms with van der Waals surface area (Å²) >= 11 is 1.32. The predicted octanol–water partition coefficient (Wildman–Crippen LogP) is 0.843. The molecule has 0 saturated carbocycles. The fourth-order valence-electron chi connectivity index (χ4n) is 1.35. The maximum absolute atomic E-state index is 11.8. The van der Waals surface area contributed by atoms with Gasteiger partial charge in [-0.05, 0) is 13.3 Å². The van der Waals surface area contributed by atoms with Crippen molar-refractivity contribution >= 4 is 23.2 Å². The Kier molecular flexibility index (Phi) is 5.24. The van der Waals surface area contributed by atoms with Gasteiger partial charge >= 0.3 is 5.97 Å². The van der Waals surface area contributed by atoms with Crippen LogP contribution < -0.4 is 5.32 Å². The molecule has 1 amide bonds. The van der Waals surface area contributed by atoms with Crippen molar-refractivity contribution in [3.05, 3.63) is 15.6 Å². The highest BCUT2D eigenvalue weighted by Crippen LogP contribution is 2.18. The molecule has 6 nitrogen and oxygen atoms in total. The number of nitrogens with zero attached hydrogens (tertiary/aromatic N) is 1. The summed E-state index contributed by atoms with van der Waals surface area (Å²) in [4.78, 5) is 27.3. The minimum Gasteiger partial charge on any atom is -0.479 e. The van der Waals surface area contributed by atoms with Gasteiger partial charge in [-0.25, -0.2) is 9.78 Å². The van der Waals surface area contributed by atoms with Crippen molar-refractivity contribution in [1.29, 1.82) is 0 Å². The summed E-state index contributed by atoms with van der Waals surface area (Å²) in [6, 6.07) is 0. The number of aryl methyl sites for hydroxylation is 2. The molecule has 0 radical (unpaired) electrons. The van der Waals surface area contributed by atoms with Gasteiger partial charge in [-0.2, -0.15) is 0 Å². The van der Waals surface area contributed by atoms with Gasteiger partial charge in [0.25, 0.3) is 5.91 Å². The molecule has 0 aromatic carbocycles. The van der Waals surface area contributed by atoms with E-state index in [9.17, 15) is 9.59 Å². The summed E-state index contributed by atoms with van der Waals surface area (Å²) in [6.07, 6.45) is -0.262. The third-order valence-electron chi connectivity index (χ3n) is 2.36. The molecule has 1 heterocycles. The van der Waals surface area contributed by atoms with Gasteiger partial charge in [0.2, 0.25) is 0 Å². The smallest absolute Gasteiger partial charge is 0.334 e. The number of amides is 1. The number of carboxylic acids is 1. The fourth-order valence-corrected chi connectivity index (χ4v) is 2.27. The van der Waals surface area contributed by atoms with Gasteiger partial charge < -0.3 is 15.2 Å². The maximum atomic E-state index is 11.8. The largest absolute Gasteiger partial charge is 0.479 e. The van der Waals surface area contributed by atoms with Gasteiger partial charge in [0.05, 0.1) is 17.2 Å². The number of methoxy groups -OCH3 is 1. The molecule has 2 N–H and O–H groups in total. The van der Waals surface area contributed by atoms with Crippen molar-refractivity contribution in [2.75, 3.05) is 13.7 Å². The van der Waals surface area contributed by atoms with Gasteiger partial charge in [0.1, 0.15) is 4.88 Å². The SMILES string of the molecule is CCc1nc(C)c(C(=O)NCC(OC)C(=O)O)s1. The van der Waals surface area contributed by atoms with Gasteiger partial charge in [-0.15, -0.1) is 11.3 Å². The van der Waals surface area contributed by atoms with E-state index in [1.807, 2.05) is 6.92 Å². The second-order valence-corrected chi connectivity index (χ2v) is 4.73. The third-order valence-corrected chi connectivity index (χ3v) is 3.66. The zero-order valence-electron chi connectivity index (χ0n) is 10.5. The van der Waals surface area contributed by atoms with Crippen molar-refractivity contribution in [1.82, 2.24) is 10.3 Å². The first-order valence-corrected chi connectivity index (χ1v) is 6.31. The van der Waals surface area contributed by atoms with Crippen LogP contribution in [0.4, 0.5) is 0 Å². The van der Waals surface area contributed by atoms with Crippen LogP contribution >= 0.6 is 11.3 Å². The third kappa shape index (κ3) is 3.51. The monoisotopic (exact) mass is 272 g/mol. The average Bonchev–Trinajstić information content (AvgIpc) is 2.70.